The van der Waals surface area contributed by atoms with Crippen LogP contribution >= 0.6 is 0 Å². The van der Waals surface area contributed by atoms with Crippen molar-refractivity contribution in [2.75, 3.05) is 23.3 Å². The Morgan fingerprint density at radius 3 is 2.45 bits per heavy atom. The maximum Gasteiger partial charge on any atom is 0.298 e. The van der Waals surface area contributed by atoms with Gasteiger partial charge in [0.2, 0.25) is 5.91 Å². The third-order valence-corrected chi connectivity index (χ3v) is 5.93. The predicted molar refractivity (Wildman–Crippen MR) is 123 cm³/mol. The molecule has 4 aromatic rings. The monoisotopic (exact) mass is 411 g/mol. The molecular weight excluding hydrogens is 386 g/mol. The van der Waals surface area contributed by atoms with E-state index in [4.69, 9.17) is 4.42 Å². The third kappa shape index (κ3) is 4.31. The van der Waals surface area contributed by atoms with Crippen molar-refractivity contribution < 1.29 is 9.21 Å². The zero-order chi connectivity index (χ0) is 21.0. The summed E-state index contributed by atoms with van der Waals surface area (Å²) in [6.07, 6.45) is 2.37. The standard InChI is InChI=1S/C26H25N3O2/c30-25(27-22-11-5-4-10-21(22)18-19-8-2-1-3-9-19)20-14-16-29(17-15-20)26-28-23-12-6-7-13-24(23)31-26/h1-13,20H,14-18H2,(H,27,30). The lowest BCUT2D eigenvalue weighted by Gasteiger charge is -2.30. The number of carbonyl (C=O) groups is 1. The van der Waals surface area contributed by atoms with Crippen LogP contribution in [0.5, 0.6) is 0 Å². The lowest BCUT2D eigenvalue weighted by Crippen LogP contribution is -2.38. The summed E-state index contributed by atoms with van der Waals surface area (Å²) in [6, 6.07) is 26.8. The smallest absolute Gasteiger partial charge is 0.298 e. The Bertz CT molecular complexity index is 1140. The van der Waals surface area contributed by atoms with E-state index in [-0.39, 0.29) is 11.8 Å². The topological polar surface area (TPSA) is 58.4 Å². The Balaban J connectivity index is 1.22. The van der Waals surface area contributed by atoms with Crippen LogP contribution < -0.4 is 10.2 Å². The second-order valence-electron chi connectivity index (χ2n) is 8.03. The molecule has 0 aliphatic carbocycles. The van der Waals surface area contributed by atoms with Gasteiger partial charge in [-0.15, -0.1) is 0 Å². The van der Waals surface area contributed by atoms with E-state index in [1.165, 1.54) is 5.56 Å². The van der Waals surface area contributed by atoms with Crippen LogP contribution in [-0.4, -0.2) is 24.0 Å². The summed E-state index contributed by atoms with van der Waals surface area (Å²) in [4.78, 5) is 19.7. The van der Waals surface area contributed by atoms with Crippen molar-refractivity contribution >= 4 is 28.7 Å². The average Bonchev–Trinajstić information content (AvgIpc) is 3.25. The molecule has 5 rings (SSSR count). The molecular formula is C26H25N3O2. The highest BCUT2D eigenvalue weighted by Gasteiger charge is 2.27. The van der Waals surface area contributed by atoms with Crippen LogP contribution in [0.2, 0.25) is 0 Å². The van der Waals surface area contributed by atoms with Gasteiger partial charge in [-0.05, 0) is 48.6 Å². The van der Waals surface area contributed by atoms with Gasteiger partial charge in [-0.3, -0.25) is 4.79 Å². The third-order valence-electron chi connectivity index (χ3n) is 5.93. The van der Waals surface area contributed by atoms with E-state index >= 15 is 0 Å². The number of hydrogen-bond acceptors (Lipinski definition) is 4. The van der Waals surface area contributed by atoms with Crippen molar-refractivity contribution in [2.24, 2.45) is 5.92 Å². The zero-order valence-electron chi connectivity index (χ0n) is 17.3. The molecule has 1 amide bonds. The highest BCUT2D eigenvalue weighted by atomic mass is 16.4. The Kier molecular flexibility index (Phi) is 5.40. The van der Waals surface area contributed by atoms with Crippen LogP contribution in [0.15, 0.2) is 83.3 Å². The van der Waals surface area contributed by atoms with E-state index < -0.39 is 0 Å². The van der Waals surface area contributed by atoms with Crippen LogP contribution in [0.25, 0.3) is 11.1 Å². The minimum Gasteiger partial charge on any atom is -0.423 e. The average molecular weight is 412 g/mol. The largest absolute Gasteiger partial charge is 0.423 e. The summed E-state index contributed by atoms with van der Waals surface area (Å²) in [5, 5.41) is 3.18. The fourth-order valence-corrected chi connectivity index (χ4v) is 4.18. The molecule has 1 aromatic heterocycles. The second-order valence-corrected chi connectivity index (χ2v) is 8.03. The Morgan fingerprint density at radius 2 is 1.65 bits per heavy atom. The molecule has 0 saturated carbocycles. The number of oxazole rings is 1. The van der Waals surface area contributed by atoms with Gasteiger partial charge in [-0.25, -0.2) is 0 Å². The van der Waals surface area contributed by atoms with E-state index in [0.717, 1.165) is 54.7 Å². The first-order valence-electron chi connectivity index (χ1n) is 10.8. The number of aromatic nitrogens is 1. The minimum atomic E-state index is -0.00888. The molecule has 5 nitrogen and oxygen atoms in total. The number of benzene rings is 3. The van der Waals surface area contributed by atoms with Crippen molar-refractivity contribution in [3.8, 4) is 0 Å². The number of nitrogens with one attached hydrogen (secondary N) is 1. The summed E-state index contributed by atoms with van der Waals surface area (Å²) in [5.41, 5.74) is 4.93. The Labute approximate surface area is 181 Å². The molecule has 3 aromatic carbocycles. The molecule has 5 heteroatoms. The normalized spacial score (nSPS) is 14.6. The maximum absolute atomic E-state index is 13.0. The van der Waals surface area contributed by atoms with Gasteiger partial charge in [0.25, 0.3) is 6.01 Å². The minimum absolute atomic E-state index is 0.00888. The molecule has 156 valence electrons. The van der Waals surface area contributed by atoms with E-state index in [1.807, 2.05) is 60.7 Å². The molecule has 1 N–H and O–H groups in total. The molecule has 2 heterocycles. The molecule has 0 radical (unpaired) electrons. The summed E-state index contributed by atoms with van der Waals surface area (Å²) in [5.74, 6) is 0.0862. The fraction of sp³-hybridized carbons (Fsp3) is 0.231. The molecule has 1 aliphatic rings. The molecule has 0 spiro atoms. The molecule has 0 atom stereocenters. The molecule has 0 unspecified atom stereocenters. The quantitative estimate of drug-likeness (QED) is 0.486. The predicted octanol–water partition coefficient (Wildman–Crippen LogP) is 5.27. The molecule has 31 heavy (non-hydrogen) atoms. The van der Waals surface area contributed by atoms with E-state index in [0.29, 0.717) is 6.01 Å². The zero-order valence-corrected chi connectivity index (χ0v) is 17.3. The second kappa shape index (κ2) is 8.64. The Hall–Kier alpha value is -3.60. The molecule has 1 fully saturated rings. The van der Waals surface area contributed by atoms with Gasteiger partial charge in [0.1, 0.15) is 5.52 Å². The van der Waals surface area contributed by atoms with Gasteiger partial charge >= 0.3 is 0 Å². The van der Waals surface area contributed by atoms with Crippen molar-refractivity contribution in [1.82, 2.24) is 4.98 Å². The number of fused-ring (bicyclic) bond motifs is 1. The first-order chi connectivity index (χ1) is 15.3. The molecule has 0 bridgehead atoms. The Morgan fingerprint density at radius 1 is 0.935 bits per heavy atom. The van der Waals surface area contributed by atoms with Crippen LogP contribution in [0.4, 0.5) is 11.7 Å². The number of rotatable bonds is 5. The number of para-hydroxylation sites is 3. The summed E-state index contributed by atoms with van der Waals surface area (Å²) < 4.78 is 5.89. The number of amides is 1. The fourth-order valence-electron chi connectivity index (χ4n) is 4.18. The molecule has 1 saturated heterocycles. The number of nitrogens with zero attached hydrogens (tertiary/aromatic N) is 2. The van der Waals surface area contributed by atoms with Crippen molar-refractivity contribution in [3.05, 3.63) is 90.0 Å². The van der Waals surface area contributed by atoms with Crippen molar-refractivity contribution in [2.45, 2.75) is 19.3 Å². The van der Waals surface area contributed by atoms with E-state index in [9.17, 15) is 4.79 Å². The lowest BCUT2D eigenvalue weighted by atomic mass is 9.95. The summed E-state index contributed by atoms with van der Waals surface area (Å²) in [6.45, 7) is 1.52. The van der Waals surface area contributed by atoms with E-state index in [2.05, 4.69) is 33.4 Å². The van der Waals surface area contributed by atoms with Gasteiger partial charge in [-0.1, -0.05) is 60.7 Å². The van der Waals surface area contributed by atoms with Gasteiger partial charge in [0.05, 0.1) is 0 Å². The number of carbonyl (C=O) groups excluding carboxylic acids is 1. The van der Waals surface area contributed by atoms with Crippen LogP contribution in [0.1, 0.15) is 24.0 Å². The van der Waals surface area contributed by atoms with Crippen molar-refractivity contribution in [1.29, 1.82) is 0 Å². The number of piperidine rings is 1. The highest BCUT2D eigenvalue weighted by molar-refractivity contribution is 5.93. The van der Waals surface area contributed by atoms with Crippen LogP contribution in [-0.2, 0) is 11.2 Å². The van der Waals surface area contributed by atoms with Gasteiger partial charge in [0, 0.05) is 24.7 Å². The highest BCUT2D eigenvalue weighted by Crippen LogP contribution is 2.27. The van der Waals surface area contributed by atoms with Gasteiger partial charge < -0.3 is 14.6 Å². The number of anilines is 2. The number of hydrogen-bond donors (Lipinski definition) is 1. The molecule has 1 aliphatic heterocycles. The van der Waals surface area contributed by atoms with Gasteiger partial charge in [0.15, 0.2) is 5.58 Å². The van der Waals surface area contributed by atoms with Crippen LogP contribution in [0.3, 0.4) is 0 Å². The first-order valence-corrected chi connectivity index (χ1v) is 10.8. The van der Waals surface area contributed by atoms with Crippen LogP contribution in [0, 0.1) is 5.92 Å². The van der Waals surface area contributed by atoms with E-state index in [1.54, 1.807) is 0 Å². The SMILES string of the molecule is O=C(Nc1ccccc1Cc1ccccc1)C1CCN(c2nc3ccccc3o2)CC1. The van der Waals surface area contributed by atoms with Crippen molar-refractivity contribution in [3.63, 3.8) is 0 Å². The lowest BCUT2D eigenvalue weighted by molar-refractivity contribution is -0.120. The maximum atomic E-state index is 13.0. The van der Waals surface area contributed by atoms with Gasteiger partial charge in [-0.2, -0.15) is 4.98 Å². The summed E-state index contributed by atoms with van der Waals surface area (Å²) in [7, 11) is 0. The first kappa shape index (κ1) is 19.4. The summed E-state index contributed by atoms with van der Waals surface area (Å²) >= 11 is 0.